The van der Waals surface area contributed by atoms with Gasteiger partial charge in [-0.15, -0.1) is 11.3 Å². The van der Waals surface area contributed by atoms with Crippen molar-refractivity contribution in [2.45, 2.75) is 51.3 Å². The molecular formula is C15H22N2O2S. The van der Waals surface area contributed by atoms with Gasteiger partial charge >= 0.3 is 6.03 Å². The highest BCUT2D eigenvalue weighted by atomic mass is 32.1. The minimum atomic E-state index is -0.0460. The second-order valence-corrected chi connectivity index (χ2v) is 6.75. The van der Waals surface area contributed by atoms with E-state index in [-0.39, 0.29) is 12.1 Å². The maximum atomic E-state index is 12.0. The van der Waals surface area contributed by atoms with E-state index in [1.54, 1.807) is 11.3 Å². The highest BCUT2D eigenvalue weighted by molar-refractivity contribution is 7.10. The SMILES string of the molecule is Cc1ccsc1CNC(=O)NC1CCCC2OCCC12. The summed E-state index contributed by atoms with van der Waals surface area (Å²) in [6, 6.07) is 2.32. The second-order valence-electron chi connectivity index (χ2n) is 5.75. The smallest absolute Gasteiger partial charge is 0.315 e. The zero-order valence-electron chi connectivity index (χ0n) is 11.9. The number of amides is 2. The van der Waals surface area contributed by atoms with E-state index in [9.17, 15) is 4.79 Å². The third-order valence-corrected chi connectivity index (χ3v) is 5.50. The number of nitrogens with one attached hydrogen (secondary N) is 2. The maximum absolute atomic E-state index is 12.0. The van der Waals surface area contributed by atoms with Crippen LogP contribution in [0.25, 0.3) is 0 Å². The van der Waals surface area contributed by atoms with Gasteiger partial charge in [-0.05, 0) is 49.6 Å². The molecule has 1 aromatic heterocycles. The van der Waals surface area contributed by atoms with Crippen molar-refractivity contribution in [3.63, 3.8) is 0 Å². The molecule has 20 heavy (non-hydrogen) atoms. The van der Waals surface area contributed by atoms with Crippen LogP contribution < -0.4 is 10.6 Å². The topological polar surface area (TPSA) is 50.4 Å². The molecule has 0 bridgehead atoms. The number of aryl methyl sites for hydroxylation is 1. The second kappa shape index (κ2) is 6.14. The van der Waals surface area contributed by atoms with Crippen LogP contribution in [-0.2, 0) is 11.3 Å². The van der Waals surface area contributed by atoms with E-state index >= 15 is 0 Å². The average molecular weight is 294 g/mol. The molecule has 1 aromatic rings. The Bertz CT molecular complexity index is 474. The van der Waals surface area contributed by atoms with Crippen LogP contribution in [0.1, 0.15) is 36.1 Å². The van der Waals surface area contributed by atoms with Gasteiger partial charge in [0, 0.05) is 23.4 Å². The lowest BCUT2D eigenvalue weighted by molar-refractivity contribution is 0.0549. The summed E-state index contributed by atoms with van der Waals surface area (Å²) in [5.74, 6) is 0.512. The molecular weight excluding hydrogens is 272 g/mol. The van der Waals surface area contributed by atoms with Gasteiger partial charge in [-0.3, -0.25) is 0 Å². The number of thiophene rings is 1. The van der Waals surface area contributed by atoms with Crippen molar-refractivity contribution in [2.75, 3.05) is 6.61 Å². The van der Waals surface area contributed by atoms with E-state index in [2.05, 4.69) is 29.0 Å². The van der Waals surface area contributed by atoms with Gasteiger partial charge in [-0.25, -0.2) is 4.79 Å². The molecule has 3 unspecified atom stereocenters. The molecule has 1 aliphatic carbocycles. The number of rotatable bonds is 3. The first-order valence-corrected chi connectivity index (χ1v) is 8.31. The summed E-state index contributed by atoms with van der Waals surface area (Å²) in [7, 11) is 0. The number of carbonyl (C=O) groups excluding carboxylic acids is 1. The Hall–Kier alpha value is -1.07. The van der Waals surface area contributed by atoms with Crippen LogP contribution in [0.2, 0.25) is 0 Å². The summed E-state index contributed by atoms with van der Waals surface area (Å²) >= 11 is 1.69. The van der Waals surface area contributed by atoms with Gasteiger partial charge < -0.3 is 15.4 Å². The van der Waals surface area contributed by atoms with E-state index in [0.717, 1.165) is 32.3 Å². The van der Waals surface area contributed by atoms with Crippen LogP contribution in [0.4, 0.5) is 4.79 Å². The number of urea groups is 1. The lowest BCUT2D eigenvalue weighted by Crippen LogP contribution is -2.49. The van der Waals surface area contributed by atoms with Gasteiger partial charge in [0.1, 0.15) is 0 Å². The molecule has 0 radical (unpaired) electrons. The van der Waals surface area contributed by atoms with Crippen molar-refractivity contribution in [3.8, 4) is 0 Å². The summed E-state index contributed by atoms with van der Waals surface area (Å²) in [5.41, 5.74) is 1.25. The van der Waals surface area contributed by atoms with E-state index < -0.39 is 0 Å². The van der Waals surface area contributed by atoms with Crippen molar-refractivity contribution in [1.29, 1.82) is 0 Å². The molecule has 1 saturated heterocycles. The average Bonchev–Trinajstić information content (AvgIpc) is 3.06. The Labute approximate surface area is 123 Å². The first-order chi connectivity index (χ1) is 9.74. The van der Waals surface area contributed by atoms with Gasteiger partial charge in [0.25, 0.3) is 0 Å². The Kier molecular flexibility index (Phi) is 4.27. The third-order valence-electron chi connectivity index (χ3n) is 4.48. The molecule has 4 nitrogen and oxygen atoms in total. The quantitative estimate of drug-likeness (QED) is 0.900. The Balaban J connectivity index is 1.50. The van der Waals surface area contributed by atoms with Crippen molar-refractivity contribution in [2.24, 2.45) is 5.92 Å². The number of carbonyl (C=O) groups is 1. The van der Waals surface area contributed by atoms with Crippen LogP contribution in [-0.4, -0.2) is 24.8 Å². The summed E-state index contributed by atoms with van der Waals surface area (Å²) in [6.45, 7) is 3.54. The largest absolute Gasteiger partial charge is 0.378 e. The summed E-state index contributed by atoms with van der Waals surface area (Å²) in [5, 5.41) is 8.18. The zero-order valence-corrected chi connectivity index (χ0v) is 12.7. The molecule has 2 amide bonds. The van der Waals surface area contributed by atoms with Crippen LogP contribution >= 0.6 is 11.3 Å². The summed E-state index contributed by atoms with van der Waals surface area (Å²) < 4.78 is 5.73. The van der Waals surface area contributed by atoms with Gasteiger partial charge in [-0.1, -0.05) is 0 Å². The van der Waals surface area contributed by atoms with E-state index in [1.807, 2.05) is 0 Å². The lowest BCUT2D eigenvalue weighted by atomic mass is 9.82. The minimum absolute atomic E-state index is 0.0460. The van der Waals surface area contributed by atoms with E-state index in [0.29, 0.717) is 18.6 Å². The normalized spacial score (nSPS) is 28.9. The zero-order chi connectivity index (χ0) is 13.9. The Morgan fingerprint density at radius 3 is 3.15 bits per heavy atom. The van der Waals surface area contributed by atoms with Crippen LogP contribution in [0.3, 0.4) is 0 Å². The first kappa shape index (κ1) is 13.9. The van der Waals surface area contributed by atoms with Gasteiger partial charge in [0.05, 0.1) is 12.6 Å². The fourth-order valence-electron chi connectivity index (χ4n) is 3.32. The summed E-state index contributed by atoms with van der Waals surface area (Å²) in [4.78, 5) is 13.3. The molecule has 1 saturated carbocycles. The molecule has 2 fully saturated rings. The molecule has 0 spiro atoms. The lowest BCUT2D eigenvalue weighted by Gasteiger charge is -2.33. The molecule has 3 rings (SSSR count). The molecule has 2 heterocycles. The predicted octanol–water partition coefficient (Wildman–Crippen LogP) is 2.81. The summed E-state index contributed by atoms with van der Waals surface area (Å²) in [6.07, 6.45) is 4.83. The molecule has 5 heteroatoms. The van der Waals surface area contributed by atoms with Crippen LogP contribution in [0.5, 0.6) is 0 Å². The number of hydrogen-bond donors (Lipinski definition) is 2. The molecule has 3 atom stereocenters. The predicted molar refractivity (Wildman–Crippen MR) is 79.9 cm³/mol. The van der Waals surface area contributed by atoms with Gasteiger partial charge in [0.2, 0.25) is 0 Å². The van der Waals surface area contributed by atoms with Crippen molar-refractivity contribution >= 4 is 17.4 Å². The molecule has 2 aliphatic rings. The highest BCUT2D eigenvalue weighted by Crippen LogP contribution is 2.34. The third kappa shape index (κ3) is 2.99. The van der Waals surface area contributed by atoms with Crippen LogP contribution in [0.15, 0.2) is 11.4 Å². The van der Waals surface area contributed by atoms with Gasteiger partial charge in [0.15, 0.2) is 0 Å². The first-order valence-electron chi connectivity index (χ1n) is 7.43. The highest BCUT2D eigenvalue weighted by Gasteiger charge is 2.38. The van der Waals surface area contributed by atoms with Crippen LogP contribution in [0, 0.1) is 12.8 Å². The van der Waals surface area contributed by atoms with Crippen molar-refractivity contribution < 1.29 is 9.53 Å². The fraction of sp³-hybridized carbons (Fsp3) is 0.667. The Morgan fingerprint density at radius 1 is 1.45 bits per heavy atom. The van der Waals surface area contributed by atoms with Crippen molar-refractivity contribution in [3.05, 3.63) is 21.9 Å². The molecule has 110 valence electrons. The standard InChI is InChI=1S/C15H22N2O2S/c1-10-6-8-20-14(10)9-16-15(18)17-12-3-2-4-13-11(12)5-7-19-13/h6,8,11-13H,2-5,7,9H2,1H3,(H2,16,17,18). The molecule has 2 N–H and O–H groups in total. The minimum Gasteiger partial charge on any atom is -0.378 e. The fourth-order valence-corrected chi connectivity index (χ4v) is 4.17. The van der Waals surface area contributed by atoms with Crippen molar-refractivity contribution in [1.82, 2.24) is 10.6 Å². The number of fused-ring (bicyclic) bond motifs is 1. The number of ether oxygens (including phenoxy) is 1. The van der Waals surface area contributed by atoms with E-state index in [4.69, 9.17) is 4.74 Å². The Morgan fingerprint density at radius 2 is 2.35 bits per heavy atom. The molecule has 1 aliphatic heterocycles. The maximum Gasteiger partial charge on any atom is 0.315 e. The van der Waals surface area contributed by atoms with Gasteiger partial charge in [-0.2, -0.15) is 0 Å². The number of hydrogen-bond acceptors (Lipinski definition) is 3. The molecule has 0 aromatic carbocycles. The van der Waals surface area contributed by atoms with E-state index in [1.165, 1.54) is 10.4 Å². The monoisotopic (exact) mass is 294 g/mol.